The van der Waals surface area contributed by atoms with E-state index in [9.17, 15) is 0 Å². The maximum atomic E-state index is 5.40. The van der Waals surface area contributed by atoms with E-state index in [0.29, 0.717) is 0 Å². The first-order chi connectivity index (χ1) is 4.81. The minimum Gasteiger partial charge on any atom is -0.390 e. The van der Waals surface area contributed by atoms with Gasteiger partial charge in [-0.15, -0.1) is 5.16 Å². The number of rotatable bonds is 0. The van der Waals surface area contributed by atoms with Crippen LogP contribution in [0.2, 0.25) is 0 Å². The smallest absolute Gasteiger partial charge is 0.163 e. The van der Waals surface area contributed by atoms with Gasteiger partial charge in [0.25, 0.3) is 0 Å². The van der Waals surface area contributed by atoms with Gasteiger partial charge in [0.1, 0.15) is 5.60 Å². The lowest BCUT2D eigenvalue weighted by molar-refractivity contribution is -0.0126. The fourth-order valence-electron chi connectivity index (χ4n) is 1.99. The van der Waals surface area contributed by atoms with Gasteiger partial charge in [0.05, 0.1) is 0 Å². The highest BCUT2D eigenvalue weighted by atomic mass is 16.7. The van der Waals surface area contributed by atoms with E-state index in [-0.39, 0.29) is 5.60 Å². The summed E-state index contributed by atoms with van der Waals surface area (Å²) in [5.74, 6) is 0. The van der Waals surface area contributed by atoms with Crippen LogP contribution < -0.4 is 0 Å². The van der Waals surface area contributed by atoms with Gasteiger partial charge in [-0.3, -0.25) is 0 Å². The summed E-state index contributed by atoms with van der Waals surface area (Å²) in [6, 6.07) is 0. The molecular weight excluding hydrogens is 125 g/mol. The van der Waals surface area contributed by atoms with Gasteiger partial charge in [-0.05, 0) is 25.7 Å². The average molecular weight is 137 g/mol. The zero-order valence-electron chi connectivity index (χ0n) is 6.39. The standard InChI is InChI=1S/C7H12BNO/c8-6-5-7(10-9-6)3-1-2-4-7/h1-5,8H2. The lowest BCUT2D eigenvalue weighted by Gasteiger charge is -2.18. The molecule has 54 valence electrons. The van der Waals surface area contributed by atoms with Gasteiger partial charge in [-0.1, -0.05) is 0 Å². The normalized spacial score (nSPS) is 28.6. The first-order valence-corrected chi connectivity index (χ1v) is 4.02. The molecule has 1 aliphatic heterocycles. The molecule has 0 bridgehead atoms. The summed E-state index contributed by atoms with van der Waals surface area (Å²) < 4.78 is 0. The van der Waals surface area contributed by atoms with Gasteiger partial charge in [-0.25, -0.2) is 0 Å². The van der Waals surface area contributed by atoms with Crippen LogP contribution in [0.3, 0.4) is 0 Å². The Bertz CT molecular complexity index is 172. The van der Waals surface area contributed by atoms with Crippen LogP contribution in [0.1, 0.15) is 32.1 Å². The van der Waals surface area contributed by atoms with Crippen LogP contribution in [0, 0.1) is 0 Å². The van der Waals surface area contributed by atoms with E-state index in [2.05, 4.69) is 5.16 Å². The lowest BCUT2D eigenvalue weighted by Crippen LogP contribution is -2.24. The Hall–Kier alpha value is -0.465. The molecule has 0 radical (unpaired) electrons. The Morgan fingerprint density at radius 3 is 2.60 bits per heavy atom. The van der Waals surface area contributed by atoms with Gasteiger partial charge < -0.3 is 4.84 Å². The van der Waals surface area contributed by atoms with Crippen LogP contribution in [0.15, 0.2) is 5.16 Å². The van der Waals surface area contributed by atoms with Gasteiger partial charge in [-0.2, -0.15) is 0 Å². The molecule has 1 saturated carbocycles. The molecule has 0 aromatic rings. The SMILES string of the molecule is BC1=NOC2(CCCC2)C1. The number of nitrogens with zero attached hydrogens (tertiary/aromatic N) is 1. The van der Waals surface area contributed by atoms with E-state index in [1.54, 1.807) is 0 Å². The van der Waals surface area contributed by atoms with Crippen molar-refractivity contribution in [2.75, 3.05) is 0 Å². The van der Waals surface area contributed by atoms with Crippen molar-refractivity contribution in [1.29, 1.82) is 0 Å². The third kappa shape index (κ3) is 0.843. The highest BCUT2D eigenvalue weighted by Crippen LogP contribution is 2.39. The van der Waals surface area contributed by atoms with Gasteiger partial charge in [0.15, 0.2) is 7.85 Å². The van der Waals surface area contributed by atoms with E-state index >= 15 is 0 Å². The summed E-state index contributed by atoms with van der Waals surface area (Å²) in [4.78, 5) is 5.40. The maximum absolute atomic E-state index is 5.40. The second kappa shape index (κ2) is 2.01. The van der Waals surface area contributed by atoms with Gasteiger partial charge in [0.2, 0.25) is 0 Å². The van der Waals surface area contributed by atoms with Crippen molar-refractivity contribution in [2.24, 2.45) is 5.16 Å². The quantitative estimate of drug-likeness (QED) is 0.449. The van der Waals surface area contributed by atoms with E-state index in [4.69, 9.17) is 4.84 Å². The Morgan fingerprint density at radius 2 is 2.10 bits per heavy atom. The summed E-state index contributed by atoms with van der Waals surface area (Å²) >= 11 is 0. The van der Waals surface area contributed by atoms with Crippen LogP contribution in [0.4, 0.5) is 0 Å². The van der Waals surface area contributed by atoms with Crippen LogP contribution in [0.25, 0.3) is 0 Å². The molecule has 0 aromatic carbocycles. The molecule has 0 saturated heterocycles. The summed E-state index contributed by atoms with van der Waals surface area (Å²) in [6.07, 6.45) is 6.15. The van der Waals surface area contributed by atoms with Crippen molar-refractivity contribution < 1.29 is 4.84 Å². The fraction of sp³-hybridized carbons (Fsp3) is 0.857. The Morgan fingerprint density at radius 1 is 1.40 bits per heavy atom. The summed E-state index contributed by atoms with van der Waals surface area (Å²) in [7, 11) is 2.05. The molecule has 10 heavy (non-hydrogen) atoms. The van der Waals surface area contributed by atoms with Gasteiger partial charge >= 0.3 is 0 Å². The summed E-state index contributed by atoms with van der Waals surface area (Å²) in [5, 5.41) is 3.99. The molecule has 0 atom stereocenters. The highest BCUT2D eigenvalue weighted by molar-refractivity contribution is 6.59. The van der Waals surface area contributed by atoms with Crippen LogP contribution in [-0.2, 0) is 4.84 Å². The highest BCUT2D eigenvalue weighted by Gasteiger charge is 2.39. The molecule has 0 aromatic heterocycles. The van der Waals surface area contributed by atoms with Crippen LogP contribution in [-0.4, -0.2) is 19.1 Å². The summed E-state index contributed by atoms with van der Waals surface area (Å²) in [5.41, 5.74) is 1.33. The third-order valence-electron chi connectivity index (χ3n) is 2.49. The molecular formula is C7H12BNO. The number of oxime groups is 1. The minimum absolute atomic E-state index is 0.157. The molecule has 1 aliphatic carbocycles. The van der Waals surface area contributed by atoms with Crippen molar-refractivity contribution in [3.8, 4) is 0 Å². The third-order valence-corrected chi connectivity index (χ3v) is 2.49. The van der Waals surface area contributed by atoms with Gasteiger partial charge in [0, 0.05) is 12.0 Å². The van der Waals surface area contributed by atoms with Crippen LogP contribution in [0.5, 0.6) is 0 Å². The average Bonchev–Trinajstić information content (AvgIpc) is 2.46. The minimum atomic E-state index is 0.157. The van der Waals surface area contributed by atoms with Crippen molar-refractivity contribution in [3.63, 3.8) is 0 Å². The second-order valence-corrected chi connectivity index (χ2v) is 3.48. The van der Waals surface area contributed by atoms with Crippen molar-refractivity contribution in [2.45, 2.75) is 37.7 Å². The Kier molecular flexibility index (Phi) is 1.26. The monoisotopic (exact) mass is 137 g/mol. The zero-order chi connectivity index (χ0) is 7.03. The topological polar surface area (TPSA) is 21.6 Å². The largest absolute Gasteiger partial charge is 0.390 e. The molecule has 1 fully saturated rings. The van der Waals surface area contributed by atoms with E-state index in [0.717, 1.165) is 6.42 Å². The fourth-order valence-corrected chi connectivity index (χ4v) is 1.99. The molecule has 0 amide bonds. The molecule has 2 nitrogen and oxygen atoms in total. The number of hydrogen-bond acceptors (Lipinski definition) is 2. The molecule has 0 N–H and O–H groups in total. The predicted molar refractivity (Wildman–Crippen MR) is 42.9 cm³/mol. The summed E-state index contributed by atoms with van der Waals surface area (Å²) in [6.45, 7) is 0. The lowest BCUT2D eigenvalue weighted by atomic mass is 9.87. The predicted octanol–water partition coefficient (Wildman–Crippen LogP) is 0.666. The Balaban J connectivity index is 2.07. The molecule has 2 rings (SSSR count). The first kappa shape index (κ1) is 6.26. The van der Waals surface area contributed by atoms with E-state index in [1.807, 2.05) is 7.85 Å². The first-order valence-electron chi connectivity index (χ1n) is 4.02. The van der Waals surface area contributed by atoms with E-state index < -0.39 is 0 Å². The zero-order valence-corrected chi connectivity index (χ0v) is 6.39. The maximum Gasteiger partial charge on any atom is 0.163 e. The van der Waals surface area contributed by atoms with E-state index in [1.165, 1.54) is 31.3 Å². The molecule has 1 heterocycles. The van der Waals surface area contributed by atoms with Crippen molar-refractivity contribution in [3.05, 3.63) is 0 Å². The molecule has 3 heteroatoms. The number of hydrogen-bond donors (Lipinski definition) is 0. The second-order valence-electron chi connectivity index (χ2n) is 3.48. The molecule has 0 unspecified atom stereocenters. The molecule has 1 spiro atoms. The van der Waals surface area contributed by atoms with Crippen molar-refractivity contribution >= 4 is 13.5 Å². The van der Waals surface area contributed by atoms with Crippen LogP contribution >= 0.6 is 0 Å². The van der Waals surface area contributed by atoms with Crippen molar-refractivity contribution in [1.82, 2.24) is 0 Å². The molecule has 2 aliphatic rings. The Labute approximate surface area is 62.0 Å².